The Labute approximate surface area is 209 Å². The molecule has 0 unspecified atom stereocenters. The number of aromatic amines is 1. The van der Waals surface area contributed by atoms with Gasteiger partial charge in [0.2, 0.25) is 5.95 Å². The average Bonchev–Trinajstić information content (AvgIpc) is 3.25. The van der Waals surface area contributed by atoms with Crippen LogP contribution >= 0.6 is 34.8 Å². The van der Waals surface area contributed by atoms with Crippen LogP contribution in [-0.2, 0) is 5.54 Å². The van der Waals surface area contributed by atoms with Crippen LogP contribution in [0.4, 0.5) is 5.95 Å². The van der Waals surface area contributed by atoms with Crippen molar-refractivity contribution >= 4 is 57.7 Å². The fraction of sp³-hybridized carbons (Fsp3) is 0.227. The van der Waals surface area contributed by atoms with Crippen LogP contribution < -0.4 is 16.4 Å². The van der Waals surface area contributed by atoms with E-state index in [-0.39, 0.29) is 5.69 Å². The number of H-pyrrole nitrogens is 1. The van der Waals surface area contributed by atoms with E-state index in [0.717, 1.165) is 5.56 Å². The van der Waals surface area contributed by atoms with Crippen molar-refractivity contribution in [2.75, 3.05) is 18.0 Å². The van der Waals surface area contributed by atoms with Crippen molar-refractivity contribution in [1.82, 2.24) is 25.1 Å². The number of aromatic nitrogens is 5. The summed E-state index contributed by atoms with van der Waals surface area (Å²) in [7, 11) is 0. The van der Waals surface area contributed by atoms with Gasteiger partial charge in [0.25, 0.3) is 5.91 Å². The van der Waals surface area contributed by atoms with Gasteiger partial charge in [0.05, 0.1) is 21.1 Å². The number of nitrogens with zero attached hydrogens (tertiary/aromatic N) is 5. The molecule has 0 atom stereocenters. The van der Waals surface area contributed by atoms with Crippen LogP contribution in [0.25, 0.3) is 22.3 Å². The number of halogens is 3. The number of rotatable bonds is 4. The van der Waals surface area contributed by atoms with E-state index in [0.29, 0.717) is 69.4 Å². The first-order valence-electron chi connectivity index (χ1n) is 10.4. The first-order valence-corrected chi connectivity index (χ1v) is 11.6. The molecule has 174 valence electrons. The van der Waals surface area contributed by atoms with E-state index in [2.05, 4.69) is 25.1 Å². The van der Waals surface area contributed by atoms with Gasteiger partial charge in [0, 0.05) is 30.4 Å². The normalized spacial score (nSPS) is 15.6. The molecule has 0 spiro atoms. The second-order valence-electron chi connectivity index (χ2n) is 8.15. The molecule has 9 nitrogen and oxygen atoms in total. The highest BCUT2D eigenvalue weighted by Crippen LogP contribution is 2.37. The number of carbonyl (C=O) groups is 1. The number of hydrogen-bond acceptors (Lipinski definition) is 7. The summed E-state index contributed by atoms with van der Waals surface area (Å²) in [6, 6.07) is 8.80. The zero-order valence-corrected chi connectivity index (χ0v) is 20.0. The van der Waals surface area contributed by atoms with Gasteiger partial charge in [-0.15, -0.1) is 0 Å². The summed E-state index contributed by atoms with van der Waals surface area (Å²) in [6.07, 6.45) is 2.97. The zero-order valence-electron chi connectivity index (χ0n) is 17.7. The Morgan fingerprint density at radius 2 is 1.85 bits per heavy atom. The van der Waals surface area contributed by atoms with Crippen molar-refractivity contribution in [2.45, 2.75) is 18.4 Å². The first kappa shape index (κ1) is 22.8. The number of nitrogens with two attached hydrogens (primary N) is 2. The summed E-state index contributed by atoms with van der Waals surface area (Å²) in [5.41, 5.74) is 14.1. The van der Waals surface area contributed by atoms with Crippen molar-refractivity contribution in [3.8, 4) is 11.3 Å². The maximum Gasteiger partial charge on any atom is 0.268 e. The third-order valence-corrected chi connectivity index (χ3v) is 7.14. The SMILES string of the molecule is NC(=O)c1nc(N2CCC(N)(c3ccc(Cl)nc3)CC2)nc2n[nH]c(-c3cccc(Cl)c3Cl)c12. The molecule has 0 saturated carbocycles. The Balaban J connectivity index is 1.49. The molecular weight excluding hydrogens is 499 g/mol. The molecule has 5 N–H and O–H groups in total. The number of carbonyl (C=O) groups excluding carboxylic acids is 1. The van der Waals surface area contributed by atoms with E-state index in [1.807, 2.05) is 11.0 Å². The predicted octanol–water partition coefficient (Wildman–Crippen LogP) is 3.93. The van der Waals surface area contributed by atoms with E-state index in [9.17, 15) is 4.79 Å². The van der Waals surface area contributed by atoms with Gasteiger partial charge in [0.15, 0.2) is 5.65 Å². The molecular formula is C22H19Cl3N8O. The lowest BCUT2D eigenvalue weighted by Gasteiger charge is -2.39. The van der Waals surface area contributed by atoms with Crippen molar-refractivity contribution in [3.05, 3.63) is 63.0 Å². The molecule has 0 aliphatic carbocycles. The summed E-state index contributed by atoms with van der Waals surface area (Å²) in [5.74, 6) is -0.348. The molecule has 4 heterocycles. The standard InChI is InChI=1S/C22H19Cl3N8O/c23-13-3-1-2-12(16(13)25)17-15-18(19(26)34)29-21(30-20(15)32-31-17)33-8-6-22(27,7-9-33)11-4-5-14(24)28-10-11/h1-5,10H,6-9,27H2,(H2,26,34)(H,29,30,31,32). The maximum absolute atomic E-state index is 12.4. The highest BCUT2D eigenvalue weighted by molar-refractivity contribution is 6.44. The number of fused-ring (bicyclic) bond motifs is 1. The number of anilines is 1. The van der Waals surface area contributed by atoms with Crippen LogP contribution in [0, 0.1) is 0 Å². The van der Waals surface area contributed by atoms with Gasteiger partial charge in [-0.05, 0) is 30.5 Å². The molecule has 1 amide bonds. The monoisotopic (exact) mass is 516 g/mol. The first-order chi connectivity index (χ1) is 16.3. The number of amides is 1. The molecule has 5 rings (SSSR count). The number of pyridine rings is 1. The molecule has 12 heteroatoms. The second kappa shape index (κ2) is 8.66. The molecule has 1 saturated heterocycles. The number of hydrogen-bond donors (Lipinski definition) is 3. The molecule has 1 aliphatic rings. The van der Waals surface area contributed by atoms with Crippen LogP contribution in [0.2, 0.25) is 15.2 Å². The van der Waals surface area contributed by atoms with Crippen molar-refractivity contribution in [3.63, 3.8) is 0 Å². The van der Waals surface area contributed by atoms with E-state index < -0.39 is 11.4 Å². The Bertz CT molecular complexity index is 1400. The average molecular weight is 518 g/mol. The Morgan fingerprint density at radius 3 is 2.53 bits per heavy atom. The topological polar surface area (TPSA) is 140 Å². The molecule has 1 aliphatic heterocycles. The van der Waals surface area contributed by atoms with Gasteiger partial charge < -0.3 is 16.4 Å². The lowest BCUT2D eigenvalue weighted by molar-refractivity contribution is 0.0997. The van der Waals surface area contributed by atoms with Crippen LogP contribution in [0.15, 0.2) is 36.5 Å². The Hall–Kier alpha value is -2.98. The van der Waals surface area contributed by atoms with Gasteiger partial charge in [-0.1, -0.05) is 53.0 Å². The minimum atomic E-state index is -0.702. The van der Waals surface area contributed by atoms with Crippen LogP contribution in [0.1, 0.15) is 28.9 Å². The van der Waals surface area contributed by atoms with Crippen LogP contribution in [0.5, 0.6) is 0 Å². The van der Waals surface area contributed by atoms with Gasteiger partial charge >= 0.3 is 0 Å². The third kappa shape index (κ3) is 3.94. The van der Waals surface area contributed by atoms with Crippen molar-refractivity contribution in [1.29, 1.82) is 0 Å². The fourth-order valence-electron chi connectivity index (χ4n) is 4.19. The summed E-state index contributed by atoms with van der Waals surface area (Å²) < 4.78 is 0. The quantitative estimate of drug-likeness (QED) is 0.348. The largest absolute Gasteiger partial charge is 0.364 e. The number of benzene rings is 1. The fourth-order valence-corrected chi connectivity index (χ4v) is 4.70. The molecule has 34 heavy (non-hydrogen) atoms. The van der Waals surface area contributed by atoms with Gasteiger partial charge in [-0.25, -0.2) is 9.97 Å². The summed E-state index contributed by atoms with van der Waals surface area (Å²) in [6.45, 7) is 1.14. The molecule has 0 radical (unpaired) electrons. The van der Waals surface area contributed by atoms with Gasteiger partial charge in [-0.3, -0.25) is 9.89 Å². The van der Waals surface area contributed by atoms with Crippen LogP contribution in [-0.4, -0.2) is 44.1 Å². The number of nitrogens with one attached hydrogen (secondary N) is 1. The maximum atomic E-state index is 12.4. The van der Waals surface area contributed by atoms with Crippen molar-refractivity contribution in [2.24, 2.45) is 11.5 Å². The molecule has 4 aromatic rings. The second-order valence-corrected chi connectivity index (χ2v) is 9.32. The van der Waals surface area contributed by atoms with E-state index in [1.165, 1.54) is 0 Å². The molecule has 1 aromatic carbocycles. The lowest BCUT2D eigenvalue weighted by Crippen LogP contribution is -2.48. The summed E-state index contributed by atoms with van der Waals surface area (Å²) in [5, 5.41) is 8.69. The minimum Gasteiger partial charge on any atom is -0.364 e. The molecule has 0 bridgehead atoms. The number of piperidine rings is 1. The summed E-state index contributed by atoms with van der Waals surface area (Å²) >= 11 is 18.5. The zero-order chi connectivity index (χ0) is 24.0. The Morgan fingerprint density at radius 1 is 1.09 bits per heavy atom. The van der Waals surface area contributed by atoms with E-state index >= 15 is 0 Å². The predicted molar refractivity (Wildman–Crippen MR) is 132 cm³/mol. The van der Waals surface area contributed by atoms with Crippen molar-refractivity contribution < 1.29 is 4.79 Å². The van der Waals surface area contributed by atoms with E-state index in [1.54, 1.807) is 30.5 Å². The minimum absolute atomic E-state index is 0.0475. The smallest absolute Gasteiger partial charge is 0.268 e. The van der Waals surface area contributed by atoms with Crippen LogP contribution in [0.3, 0.4) is 0 Å². The van der Waals surface area contributed by atoms with Gasteiger partial charge in [0.1, 0.15) is 10.8 Å². The number of primary amides is 1. The molecule has 3 aromatic heterocycles. The van der Waals surface area contributed by atoms with E-state index in [4.69, 9.17) is 46.3 Å². The summed E-state index contributed by atoms with van der Waals surface area (Å²) in [4.78, 5) is 27.6. The third-order valence-electron chi connectivity index (χ3n) is 6.10. The highest BCUT2D eigenvalue weighted by atomic mass is 35.5. The van der Waals surface area contributed by atoms with Gasteiger partial charge in [-0.2, -0.15) is 10.1 Å². The highest BCUT2D eigenvalue weighted by Gasteiger charge is 2.34. The molecule has 1 fully saturated rings. The Kier molecular flexibility index (Phi) is 5.81. The lowest BCUT2D eigenvalue weighted by atomic mass is 9.83.